The SMILES string of the molecule is CC=CCCCCC[S]. The monoisotopic (exact) mass is 143 g/mol. The zero-order chi connectivity index (χ0) is 6.95. The molecule has 0 rings (SSSR count). The van der Waals surface area contributed by atoms with Crippen LogP contribution in [0.15, 0.2) is 12.2 Å². The van der Waals surface area contributed by atoms with Gasteiger partial charge in [0.25, 0.3) is 0 Å². The van der Waals surface area contributed by atoms with Crippen LogP contribution in [-0.4, -0.2) is 5.75 Å². The molecule has 0 aromatic heterocycles. The second kappa shape index (κ2) is 8.09. The molecule has 0 spiro atoms. The van der Waals surface area contributed by atoms with Gasteiger partial charge in [-0.2, -0.15) is 0 Å². The highest BCUT2D eigenvalue weighted by Gasteiger charge is 1.83. The summed E-state index contributed by atoms with van der Waals surface area (Å²) in [6, 6.07) is 0. The second-order valence-electron chi connectivity index (χ2n) is 2.12. The standard InChI is InChI=1S/C8H15S/c1-2-3-4-5-6-7-8-9/h2-3H,4-8H2,1H3. The lowest BCUT2D eigenvalue weighted by Gasteiger charge is -1.91. The Morgan fingerprint density at radius 2 is 2.00 bits per heavy atom. The Morgan fingerprint density at radius 1 is 1.22 bits per heavy atom. The molecule has 0 nitrogen and oxygen atoms in total. The highest BCUT2D eigenvalue weighted by atomic mass is 32.1. The van der Waals surface area contributed by atoms with Crippen molar-refractivity contribution < 1.29 is 0 Å². The highest BCUT2D eigenvalue weighted by Crippen LogP contribution is 2.00. The minimum atomic E-state index is 0.926. The Bertz CT molecular complexity index is 67.0. The van der Waals surface area contributed by atoms with E-state index >= 15 is 0 Å². The molecule has 0 atom stereocenters. The molecule has 9 heavy (non-hydrogen) atoms. The minimum Gasteiger partial charge on any atom is -0.0942 e. The molecule has 0 fully saturated rings. The quantitative estimate of drug-likeness (QED) is 0.409. The summed E-state index contributed by atoms with van der Waals surface area (Å²) in [5, 5.41) is 0. The zero-order valence-electron chi connectivity index (χ0n) is 6.10. The summed E-state index contributed by atoms with van der Waals surface area (Å²) in [5.74, 6) is 0.926. The number of allylic oxidation sites excluding steroid dienone is 2. The van der Waals surface area contributed by atoms with Gasteiger partial charge in [0.05, 0.1) is 0 Å². The van der Waals surface area contributed by atoms with Crippen LogP contribution in [0.1, 0.15) is 32.6 Å². The average molecular weight is 143 g/mol. The normalized spacial score (nSPS) is 10.9. The lowest BCUT2D eigenvalue weighted by atomic mass is 10.2. The van der Waals surface area contributed by atoms with E-state index in [-0.39, 0.29) is 0 Å². The van der Waals surface area contributed by atoms with Gasteiger partial charge in [0.1, 0.15) is 0 Å². The maximum absolute atomic E-state index is 4.81. The third-order valence-corrected chi connectivity index (χ3v) is 1.54. The summed E-state index contributed by atoms with van der Waals surface area (Å²) in [4.78, 5) is 0. The molecule has 0 unspecified atom stereocenters. The lowest BCUT2D eigenvalue weighted by Crippen LogP contribution is -1.75. The number of hydrogen-bond acceptors (Lipinski definition) is 0. The van der Waals surface area contributed by atoms with Crippen LogP contribution >= 0.6 is 12.6 Å². The van der Waals surface area contributed by atoms with E-state index in [1.165, 1.54) is 25.7 Å². The number of unbranched alkanes of at least 4 members (excludes halogenated alkanes) is 3. The first-order valence-corrected chi connectivity index (χ1v) is 4.18. The van der Waals surface area contributed by atoms with E-state index in [9.17, 15) is 0 Å². The fourth-order valence-corrected chi connectivity index (χ4v) is 0.912. The van der Waals surface area contributed by atoms with E-state index < -0.39 is 0 Å². The van der Waals surface area contributed by atoms with Gasteiger partial charge in [-0.1, -0.05) is 31.2 Å². The van der Waals surface area contributed by atoms with Crippen molar-refractivity contribution in [2.45, 2.75) is 32.6 Å². The first kappa shape index (κ1) is 9.09. The van der Waals surface area contributed by atoms with Crippen LogP contribution in [0.3, 0.4) is 0 Å². The van der Waals surface area contributed by atoms with Gasteiger partial charge in [0.15, 0.2) is 0 Å². The molecule has 0 aliphatic carbocycles. The molecule has 0 aromatic carbocycles. The van der Waals surface area contributed by atoms with Crippen LogP contribution in [0.5, 0.6) is 0 Å². The summed E-state index contributed by atoms with van der Waals surface area (Å²) in [7, 11) is 0. The summed E-state index contributed by atoms with van der Waals surface area (Å²) in [6.45, 7) is 2.06. The largest absolute Gasteiger partial charge is 0.0942 e. The lowest BCUT2D eigenvalue weighted by molar-refractivity contribution is 0.735. The van der Waals surface area contributed by atoms with Crippen LogP contribution in [0.2, 0.25) is 0 Å². The molecule has 1 heteroatoms. The Balaban J connectivity index is 2.75. The Kier molecular flexibility index (Phi) is 8.17. The Hall–Kier alpha value is 0.0900. The molecule has 0 saturated carbocycles. The Labute approximate surface area is 63.8 Å². The van der Waals surface area contributed by atoms with Crippen molar-refractivity contribution in [3.05, 3.63) is 12.2 Å². The van der Waals surface area contributed by atoms with E-state index in [4.69, 9.17) is 12.6 Å². The molecule has 0 saturated heterocycles. The fourth-order valence-electron chi connectivity index (χ4n) is 0.708. The van der Waals surface area contributed by atoms with Gasteiger partial charge in [-0.25, -0.2) is 0 Å². The van der Waals surface area contributed by atoms with Crippen molar-refractivity contribution in [1.29, 1.82) is 0 Å². The number of hydrogen-bond donors (Lipinski definition) is 0. The van der Waals surface area contributed by atoms with Gasteiger partial charge in [0, 0.05) is 5.75 Å². The van der Waals surface area contributed by atoms with Crippen molar-refractivity contribution >= 4 is 12.6 Å². The highest BCUT2D eigenvalue weighted by molar-refractivity contribution is 7.80. The van der Waals surface area contributed by atoms with Gasteiger partial charge in [-0.3, -0.25) is 0 Å². The maximum atomic E-state index is 4.81. The van der Waals surface area contributed by atoms with Crippen LogP contribution in [0.4, 0.5) is 0 Å². The van der Waals surface area contributed by atoms with Gasteiger partial charge < -0.3 is 0 Å². The van der Waals surface area contributed by atoms with Crippen molar-refractivity contribution in [2.24, 2.45) is 0 Å². The first-order chi connectivity index (χ1) is 4.41. The maximum Gasteiger partial charge on any atom is 0.00369 e. The second-order valence-corrected chi connectivity index (χ2v) is 2.53. The smallest absolute Gasteiger partial charge is 0.00369 e. The molecule has 1 radical (unpaired) electrons. The van der Waals surface area contributed by atoms with Gasteiger partial charge in [-0.15, -0.1) is 0 Å². The molecule has 0 N–H and O–H groups in total. The van der Waals surface area contributed by atoms with Crippen LogP contribution in [0.25, 0.3) is 0 Å². The minimum absolute atomic E-state index is 0.926. The van der Waals surface area contributed by atoms with E-state index in [2.05, 4.69) is 19.1 Å². The molecular weight excluding hydrogens is 128 g/mol. The summed E-state index contributed by atoms with van der Waals surface area (Å²) >= 11 is 4.81. The first-order valence-electron chi connectivity index (χ1n) is 3.61. The van der Waals surface area contributed by atoms with Crippen LogP contribution < -0.4 is 0 Å². The molecule has 53 valence electrons. The average Bonchev–Trinajstić information content (AvgIpc) is 1.89. The van der Waals surface area contributed by atoms with E-state index in [0.29, 0.717) is 0 Å². The predicted octanol–water partition coefficient (Wildman–Crippen LogP) is 3.32. The molecule has 0 heterocycles. The molecule has 0 amide bonds. The molecule has 0 aliphatic rings. The van der Waals surface area contributed by atoms with Gasteiger partial charge >= 0.3 is 0 Å². The zero-order valence-corrected chi connectivity index (χ0v) is 6.91. The molecular formula is C8H15S. The van der Waals surface area contributed by atoms with Gasteiger partial charge in [-0.05, 0) is 26.2 Å². The Morgan fingerprint density at radius 3 is 2.56 bits per heavy atom. The number of rotatable bonds is 5. The van der Waals surface area contributed by atoms with Crippen molar-refractivity contribution in [3.63, 3.8) is 0 Å². The van der Waals surface area contributed by atoms with E-state index in [0.717, 1.165) is 5.75 Å². The van der Waals surface area contributed by atoms with Gasteiger partial charge in [0.2, 0.25) is 0 Å². The summed E-state index contributed by atoms with van der Waals surface area (Å²) in [5.41, 5.74) is 0. The predicted molar refractivity (Wildman–Crippen MR) is 45.7 cm³/mol. The van der Waals surface area contributed by atoms with Crippen molar-refractivity contribution in [2.75, 3.05) is 5.75 Å². The fraction of sp³-hybridized carbons (Fsp3) is 0.750. The molecule has 0 aliphatic heterocycles. The molecule has 0 bridgehead atoms. The topological polar surface area (TPSA) is 0 Å². The van der Waals surface area contributed by atoms with E-state index in [1.54, 1.807) is 0 Å². The molecule has 0 aromatic rings. The van der Waals surface area contributed by atoms with Crippen molar-refractivity contribution in [3.8, 4) is 0 Å². The van der Waals surface area contributed by atoms with Crippen LogP contribution in [0, 0.1) is 0 Å². The summed E-state index contributed by atoms with van der Waals surface area (Å²) in [6.07, 6.45) is 9.37. The van der Waals surface area contributed by atoms with Crippen LogP contribution in [-0.2, 0) is 0 Å². The van der Waals surface area contributed by atoms with Crippen molar-refractivity contribution in [1.82, 2.24) is 0 Å². The van der Waals surface area contributed by atoms with E-state index in [1.807, 2.05) is 0 Å². The summed E-state index contributed by atoms with van der Waals surface area (Å²) < 4.78 is 0. The third-order valence-electron chi connectivity index (χ3n) is 1.25. The third kappa shape index (κ3) is 8.09.